The van der Waals surface area contributed by atoms with Gasteiger partial charge in [0.2, 0.25) is 5.95 Å². The Morgan fingerprint density at radius 1 is 1.44 bits per heavy atom. The molecule has 4 N–H and O–H groups in total. The highest BCUT2D eigenvalue weighted by Gasteiger charge is 2.12. The lowest BCUT2D eigenvalue weighted by Gasteiger charge is -2.13. The molecule has 0 aliphatic rings. The minimum Gasteiger partial charge on any atom is -0.368 e. The van der Waals surface area contributed by atoms with Crippen LogP contribution in [0.15, 0.2) is 23.0 Å². The Hall–Kier alpha value is -2.15. The van der Waals surface area contributed by atoms with Crippen LogP contribution in [0.4, 0.5) is 11.8 Å². The highest BCUT2D eigenvalue weighted by molar-refractivity contribution is 7.07. The van der Waals surface area contributed by atoms with E-state index in [0.29, 0.717) is 11.5 Å². The second kappa shape index (κ2) is 4.26. The first-order chi connectivity index (χ1) is 8.74. The van der Waals surface area contributed by atoms with Crippen molar-refractivity contribution in [2.24, 2.45) is 0 Å². The van der Waals surface area contributed by atoms with E-state index in [0.717, 1.165) is 5.39 Å². The average molecular weight is 260 g/mol. The van der Waals surface area contributed by atoms with Gasteiger partial charge in [-0.3, -0.25) is 5.10 Å². The van der Waals surface area contributed by atoms with Crippen LogP contribution in [-0.4, -0.2) is 20.2 Å². The van der Waals surface area contributed by atoms with Gasteiger partial charge >= 0.3 is 0 Å². The van der Waals surface area contributed by atoms with Crippen LogP contribution >= 0.6 is 11.3 Å². The van der Waals surface area contributed by atoms with Crippen molar-refractivity contribution < 1.29 is 0 Å². The molecule has 7 heteroatoms. The molecule has 6 nitrogen and oxygen atoms in total. The number of thiophene rings is 1. The van der Waals surface area contributed by atoms with E-state index in [2.05, 4.69) is 49.2 Å². The predicted molar refractivity (Wildman–Crippen MR) is 72.5 cm³/mol. The molecule has 0 saturated carbocycles. The van der Waals surface area contributed by atoms with Crippen molar-refractivity contribution in [3.63, 3.8) is 0 Å². The fourth-order valence-electron chi connectivity index (χ4n) is 1.77. The number of nitrogens with one attached hydrogen (secondary N) is 2. The van der Waals surface area contributed by atoms with Crippen molar-refractivity contribution in [3.05, 3.63) is 28.6 Å². The zero-order valence-corrected chi connectivity index (χ0v) is 10.5. The van der Waals surface area contributed by atoms with E-state index in [9.17, 15) is 0 Å². The van der Waals surface area contributed by atoms with E-state index in [1.54, 1.807) is 17.5 Å². The average Bonchev–Trinajstić information content (AvgIpc) is 2.98. The Morgan fingerprint density at radius 2 is 2.33 bits per heavy atom. The lowest BCUT2D eigenvalue weighted by atomic mass is 10.2. The van der Waals surface area contributed by atoms with Crippen molar-refractivity contribution >= 4 is 34.1 Å². The quantitative estimate of drug-likeness (QED) is 0.671. The molecule has 3 aromatic heterocycles. The summed E-state index contributed by atoms with van der Waals surface area (Å²) in [6, 6.07) is 2.24. The Bertz CT molecular complexity index is 659. The molecule has 0 saturated heterocycles. The van der Waals surface area contributed by atoms with Crippen LogP contribution in [0.25, 0.3) is 11.0 Å². The SMILES string of the molecule is CC(Nc1nc(N)nc2[nH]ncc12)c1ccsc1. The van der Waals surface area contributed by atoms with Gasteiger partial charge < -0.3 is 11.1 Å². The summed E-state index contributed by atoms with van der Waals surface area (Å²) in [5, 5.41) is 15.1. The Morgan fingerprint density at radius 3 is 3.11 bits per heavy atom. The number of hydrogen-bond donors (Lipinski definition) is 3. The van der Waals surface area contributed by atoms with Gasteiger partial charge in [0.15, 0.2) is 5.65 Å². The number of nitrogens with zero attached hydrogens (tertiary/aromatic N) is 3. The van der Waals surface area contributed by atoms with Crippen LogP contribution < -0.4 is 11.1 Å². The molecule has 1 unspecified atom stereocenters. The molecule has 1 atom stereocenters. The van der Waals surface area contributed by atoms with E-state index < -0.39 is 0 Å². The Labute approximate surface area is 107 Å². The zero-order valence-electron chi connectivity index (χ0n) is 9.71. The largest absolute Gasteiger partial charge is 0.368 e. The summed E-state index contributed by atoms with van der Waals surface area (Å²) in [5.41, 5.74) is 7.53. The van der Waals surface area contributed by atoms with Crippen molar-refractivity contribution in [2.75, 3.05) is 11.1 Å². The summed E-state index contributed by atoms with van der Waals surface area (Å²) in [6.45, 7) is 2.08. The van der Waals surface area contributed by atoms with E-state index in [1.807, 2.05) is 0 Å². The maximum absolute atomic E-state index is 5.67. The van der Waals surface area contributed by atoms with Gasteiger partial charge in [-0.15, -0.1) is 0 Å². The van der Waals surface area contributed by atoms with Crippen LogP contribution in [0.5, 0.6) is 0 Å². The van der Waals surface area contributed by atoms with Gasteiger partial charge in [0, 0.05) is 0 Å². The smallest absolute Gasteiger partial charge is 0.224 e. The monoisotopic (exact) mass is 260 g/mol. The van der Waals surface area contributed by atoms with E-state index in [-0.39, 0.29) is 12.0 Å². The number of aromatic nitrogens is 4. The molecule has 0 radical (unpaired) electrons. The summed E-state index contributed by atoms with van der Waals surface area (Å²) >= 11 is 1.67. The molecule has 0 amide bonds. The van der Waals surface area contributed by atoms with Gasteiger partial charge in [-0.1, -0.05) is 0 Å². The number of fused-ring (bicyclic) bond motifs is 1. The van der Waals surface area contributed by atoms with Crippen LogP contribution in [0.2, 0.25) is 0 Å². The minimum absolute atomic E-state index is 0.156. The van der Waals surface area contributed by atoms with Crippen LogP contribution in [0.1, 0.15) is 18.5 Å². The third-order valence-corrected chi connectivity index (χ3v) is 3.42. The van der Waals surface area contributed by atoms with Gasteiger partial charge in [0.05, 0.1) is 17.6 Å². The molecular weight excluding hydrogens is 248 g/mol. The van der Waals surface area contributed by atoms with Gasteiger partial charge in [-0.25, -0.2) is 0 Å². The highest BCUT2D eigenvalue weighted by atomic mass is 32.1. The summed E-state index contributed by atoms with van der Waals surface area (Å²) in [7, 11) is 0. The maximum Gasteiger partial charge on any atom is 0.224 e. The molecule has 0 aliphatic heterocycles. The van der Waals surface area contributed by atoms with E-state index in [4.69, 9.17) is 5.73 Å². The summed E-state index contributed by atoms with van der Waals surface area (Å²) in [5.74, 6) is 0.928. The third-order valence-electron chi connectivity index (χ3n) is 2.72. The highest BCUT2D eigenvalue weighted by Crippen LogP contribution is 2.24. The van der Waals surface area contributed by atoms with Gasteiger partial charge in [0.25, 0.3) is 0 Å². The van der Waals surface area contributed by atoms with Gasteiger partial charge in [0.1, 0.15) is 5.82 Å². The number of anilines is 2. The van der Waals surface area contributed by atoms with Crippen molar-refractivity contribution in [2.45, 2.75) is 13.0 Å². The third kappa shape index (κ3) is 1.88. The Kier molecular flexibility index (Phi) is 2.60. The number of hydrogen-bond acceptors (Lipinski definition) is 6. The lowest BCUT2D eigenvalue weighted by molar-refractivity contribution is 0.882. The first-order valence-corrected chi connectivity index (χ1v) is 6.43. The molecule has 3 heterocycles. The van der Waals surface area contributed by atoms with Gasteiger partial charge in [-0.05, 0) is 29.3 Å². The minimum atomic E-state index is 0.156. The fraction of sp³-hybridized carbons (Fsp3) is 0.182. The van der Waals surface area contributed by atoms with E-state index >= 15 is 0 Å². The maximum atomic E-state index is 5.67. The first-order valence-electron chi connectivity index (χ1n) is 5.49. The molecule has 0 spiro atoms. The summed E-state index contributed by atoms with van der Waals surface area (Å²) in [4.78, 5) is 8.30. The van der Waals surface area contributed by atoms with Crippen LogP contribution in [0.3, 0.4) is 0 Å². The second-order valence-electron chi connectivity index (χ2n) is 3.99. The van der Waals surface area contributed by atoms with Crippen LogP contribution in [0, 0.1) is 0 Å². The number of nitrogen functional groups attached to an aromatic ring is 1. The van der Waals surface area contributed by atoms with Crippen molar-refractivity contribution in [1.82, 2.24) is 20.2 Å². The molecule has 3 aromatic rings. The normalized spacial score (nSPS) is 12.7. The summed E-state index contributed by atoms with van der Waals surface area (Å²) < 4.78 is 0. The van der Waals surface area contributed by atoms with Crippen LogP contribution in [-0.2, 0) is 0 Å². The number of nitrogens with two attached hydrogens (primary N) is 1. The molecule has 18 heavy (non-hydrogen) atoms. The van der Waals surface area contributed by atoms with E-state index in [1.165, 1.54) is 5.56 Å². The molecule has 3 rings (SSSR count). The standard InChI is InChI=1S/C11H12N6S/c1-6(7-2-3-18-5-7)14-9-8-4-13-17-10(8)16-11(12)15-9/h2-6H,1H3,(H4,12,13,14,15,16,17). The number of H-pyrrole nitrogens is 1. The lowest BCUT2D eigenvalue weighted by Crippen LogP contribution is -2.09. The molecule has 0 fully saturated rings. The summed E-state index contributed by atoms with van der Waals surface area (Å²) in [6.07, 6.45) is 1.69. The fourth-order valence-corrected chi connectivity index (χ4v) is 2.53. The molecule has 0 aliphatic carbocycles. The Balaban J connectivity index is 1.97. The first kappa shape index (κ1) is 11.0. The topological polar surface area (TPSA) is 92.5 Å². The number of aromatic amines is 1. The predicted octanol–water partition coefficient (Wildman–Crippen LogP) is 2.17. The van der Waals surface area contributed by atoms with Gasteiger partial charge in [-0.2, -0.15) is 26.4 Å². The molecular formula is C11H12N6S. The molecule has 0 bridgehead atoms. The molecule has 0 aromatic carbocycles. The second-order valence-corrected chi connectivity index (χ2v) is 4.77. The zero-order chi connectivity index (χ0) is 12.5. The number of rotatable bonds is 3. The van der Waals surface area contributed by atoms with Crippen molar-refractivity contribution in [1.29, 1.82) is 0 Å². The van der Waals surface area contributed by atoms with Crippen molar-refractivity contribution in [3.8, 4) is 0 Å². The molecule has 92 valence electrons.